The first kappa shape index (κ1) is 22.9. The maximum atomic E-state index is 12.7. The number of piperidine rings is 2. The normalized spacial score (nSPS) is 21.4. The van der Waals surface area contributed by atoms with Crippen molar-refractivity contribution in [1.29, 1.82) is 0 Å². The number of rotatable bonds is 5. The van der Waals surface area contributed by atoms with E-state index in [1.54, 1.807) is 7.05 Å². The summed E-state index contributed by atoms with van der Waals surface area (Å²) in [5, 5.41) is 6.74. The summed E-state index contributed by atoms with van der Waals surface area (Å²) in [4.78, 5) is 9.38. The molecule has 0 aliphatic carbocycles. The van der Waals surface area contributed by atoms with Gasteiger partial charge in [-0.15, -0.1) is 0 Å². The number of hydrogen-bond donors (Lipinski definition) is 2. The van der Waals surface area contributed by atoms with Crippen LogP contribution in [0.1, 0.15) is 43.2 Å². The van der Waals surface area contributed by atoms with Gasteiger partial charge in [0.05, 0.1) is 5.56 Å². The fraction of sp³-hybridized carbons (Fsp3) is 0.682. The lowest BCUT2D eigenvalue weighted by molar-refractivity contribution is -0.137. The molecule has 0 atom stereocenters. The maximum Gasteiger partial charge on any atom is 0.416 e. The number of nitrogens with zero attached hydrogens (tertiary/aromatic N) is 3. The SMILES string of the molecule is CN=C(NCc1ccc(C(F)(F)F)cc1)NCC1(N2CCCCC2)CCN(C)CC1. The van der Waals surface area contributed by atoms with Crippen LogP contribution in [0.25, 0.3) is 0 Å². The first-order valence-electron chi connectivity index (χ1n) is 10.9. The van der Waals surface area contributed by atoms with Crippen molar-refractivity contribution in [2.45, 2.75) is 50.4 Å². The standard InChI is InChI=1S/C22H34F3N5/c1-26-20(27-16-18-6-8-19(9-7-18)22(23,24)25)28-17-21(10-14-29(2)15-11-21)30-12-4-3-5-13-30/h6-9H,3-5,10-17H2,1-2H3,(H2,26,27,28). The third-order valence-corrected chi connectivity index (χ3v) is 6.49. The first-order chi connectivity index (χ1) is 14.3. The predicted octanol–water partition coefficient (Wildman–Crippen LogP) is 3.32. The third kappa shape index (κ3) is 5.88. The molecule has 2 heterocycles. The minimum atomic E-state index is -4.31. The minimum absolute atomic E-state index is 0.138. The Labute approximate surface area is 177 Å². The van der Waals surface area contributed by atoms with E-state index in [0.717, 1.165) is 63.3 Å². The van der Waals surface area contributed by atoms with Crippen LogP contribution in [0.4, 0.5) is 13.2 Å². The van der Waals surface area contributed by atoms with Crippen molar-refractivity contribution in [2.75, 3.05) is 46.8 Å². The Bertz CT molecular complexity index is 688. The molecule has 2 aliphatic heterocycles. The summed E-state index contributed by atoms with van der Waals surface area (Å²) in [6, 6.07) is 5.26. The highest BCUT2D eigenvalue weighted by Gasteiger charge is 2.39. The Hall–Kier alpha value is -1.80. The molecule has 8 heteroatoms. The van der Waals surface area contributed by atoms with Crippen LogP contribution in [0.5, 0.6) is 0 Å². The fourth-order valence-corrected chi connectivity index (χ4v) is 4.47. The molecule has 3 rings (SSSR count). The molecule has 0 aromatic heterocycles. The van der Waals surface area contributed by atoms with Crippen LogP contribution in [0, 0.1) is 0 Å². The van der Waals surface area contributed by atoms with Crippen LogP contribution in [0.2, 0.25) is 0 Å². The zero-order valence-corrected chi connectivity index (χ0v) is 18.1. The molecule has 2 N–H and O–H groups in total. The van der Waals surface area contributed by atoms with E-state index in [0.29, 0.717) is 12.5 Å². The smallest absolute Gasteiger partial charge is 0.355 e. The van der Waals surface area contributed by atoms with Crippen molar-refractivity contribution < 1.29 is 13.2 Å². The van der Waals surface area contributed by atoms with Crippen LogP contribution in [-0.4, -0.2) is 68.1 Å². The largest absolute Gasteiger partial charge is 0.416 e. The summed E-state index contributed by atoms with van der Waals surface area (Å²) in [5.41, 5.74) is 0.300. The van der Waals surface area contributed by atoms with E-state index in [-0.39, 0.29) is 5.54 Å². The molecule has 1 aromatic rings. The van der Waals surface area contributed by atoms with Gasteiger partial charge in [-0.2, -0.15) is 13.2 Å². The second-order valence-electron chi connectivity index (χ2n) is 8.55. The predicted molar refractivity (Wildman–Crippen MR) is 115 cm³/mol. The molecule has 0 unspecified atom stereocenters. The number of likely N-dealkylation sites (tertiary alicyclic amines) is 2. The number of nitrogens with one attached hydrogen (secondary N) is 2. The topological polar surface area (TPSA) is 42.9 Å². The first-order valence-corrected chi connectivity index (χ1v) is 10.9. The number of benzene rings is 1. The van der Waals surface area contributed by atoms with Gasteiger partial charge in [0.25, 0.3) is 0 Å². The van der Waals surface area contributed by atoms with E-state index in [9.17, 15) is 13.2 Å². The molecule has 5 nitrogen and oxygen atoms in total. The molecule has 0 saturated carbocycles. The number of halogens is 3. The number of alkyl halides is 3. The van der Waals surface area contributed by atoms with Gasteiger partial charge in [-0.3, -0.25) is 9.89 Å². The van der Waals surface area contributed by atoms with Crippen molar-refractivity contribution >= 4 is 5.96 Å². The van der Waals surface area contributed by atoms with Gasteiger partial charge in [0.15, 0.2) is 5.96 Å². The van der Waals surface area contributed by atoms with E-state index < -0.39 is 11.7 Å². The summed E-state index contributed by atoms with van der Waals surface area (Å²) in [7, 11) is 3.91. The second kappa shape index (κ2) is 10.0. The Kier molecular flexibility index (Phi) is 7.63. The van der Waals surface area contributed by atoms with E-state index >= 15 is 0 Å². The zero-order valence-electron chi connectivity index (χ0n) is 18.1. The van der Waals surface area contributed by atoms with Crippen molar-refractivity contribution in [1.82, 2.24) is 20.4 Å². The number of guanidine groups is 1. The van der Waals surface area contributed by atoms with Gasteiger partial charge in [0.2, 0.25) is 0 Å². The lowest BCUT2D eigenvalue weighted by Gasteiger charge is -2.50. The minimum Gasteiger partial charge on any atom is -0.355 e. The van der Waals surface area contributed by atoms with Gasteiger partial charge in [-0.05, 0) is 76.6 Å². The summed E-state index contributed by atoms with van der Waals surface area (Å²) < 4.78 is 38.2. The quantitative estimate of drug-likeness (QED) is 0.561. The summed E-state index contributed by atoms with van der Waals surface area (Å²) in [6.45, 7) is 5.75. The maximum absolute atomic E-state index is 12.7. The van der Waals surface area contributed by atoms with Crippen LogP contribution < -0.4 is 10.6 Å². The average Bonchev–Trinajstić information content (AvgIpc) is 2.75. The van der Waals surface area contributed by atoms with Gasteiger partial charge in [-0.25, -0.2) is 0 Å². The second-order valence-corrected chi connectivity index (χ2v) is 8.55. The third-order valence-electron chi connectivity index (χ3n) is 6.49. The molecule has 1 aromatic carbocycles. The van der Waals surface area contributed by atoms with Gasteiger partial charge >= 0.3 is 6.18 Å². The molecule has 2 fully saturated rings. The molecular weight excluding hydrogens is 391 g/mol. The lowest BCUT2D eigenvalue weighted by Crippen LogP contribution is -2.62. The van der Waals surface area contributed by atoms with E-state index in [1.165, 1.54) is 31.4 Å². The molecule has 0 bridgehead atoms. The van der Waals surface area contributed by atoms with Crippen LogP contribution in [0.3, 0.4) is 0 Å². The van der Waals surface area contributed by atoms with Gasteiger partial charge < -0.3 is 15.5 Å². The van der Waals surface area contributed by atoms with E-state index in [1.807, 2.05) is 0 Å². The van der Waals surface area contributed by atoms with E-state index in [4.69, 9.17) is 0 Å². The monoisotopic (exact) mass is 425 g/mol. The Morgan fingerprint density at radius 2 is 1.63 bits per heavy atom. The molecule has 0 radical (unpaired) electrons. The lowest BCUT2D eigenvalue weighted by atomic mass is 9.84. The van der Waals surface area contributed by atoms with Crippen molar-refractivity contribution in [3.05, 3.63) is 35.4 Å². The van der Waals surface area contributed by atoms with E-state index in [2.05, 4.69) is 32.5 Å². The van der Waals surface area contributed by atoms with Gasteiger partial charge in [-0.1, -0.05) is 18.6 Å². The van der Waals surface area contributed by atoms with Crippen molar-refractivity contribution in [2.24, 2.45) is 4.99 Å². The highest BCUT2D eigenvalue weighted by Crippen LogP contribution is 2.31. The number of aliphatic imine (C=N–C) groups is 1. The van der Waals surface area contributed by atoms with Crippen LogP contribution in [-0.2, 0) is 12.7 Å². The highest BCUT2D eigenvalue weighted by molar-refractivity contribution is 5.79. The highest BCUT2D eigenvalue weighted by atomic mass is 19.4. The number of hydrogen-bond acceptors (Lipinski definition) is 3. The summed E-state index contributed by atoms with van der Waals surface area (Å²) >= 11 is 0. The molecule has 0 spiro atoms. The Morgan fingerprint density at radius 3 is 2.20 bits per heavy atom. The molecule has 168 valence electrons. The average molecular weight is 426 g/mol. The van der Waals surface area contributed by atoms with Crippen LogP contribution >= 0.6 is 0 Å². The Balaban J connectivity index is 1.57. The zero-order chi connectivity index (χ0) is 21.6. The van der Waals surface area contributed by atoms with Gasteiger partial charge in [0, 0.05) is 25.7 Å². The molecule has 2 aliphatic rings. The summed E-state index contributed by atoms with van der Waals surface area (Å²) in [5.74, 6) is 0.685. The molecule has 2 saturated heterocycles. The van der Waals surface area contributed by atoms with Crippen molar-refractivity contribution in [3.8, 4) is 0 Å². The van der Waals surface area contributed by atoms with Crippen LogP contribution in [0.15, 0.2) is 29.3 Å². The summed E-state index contributed by atoms with van der Waals surface area (Å²) in [6.07, 6.45) is 1.80. The van der Waals surface area contributed by atoms with Gasteiger partial charge in [0.1, 0.15) is 0 Å². The van der Waals surface area contributed by atoms with Crippen molar-refractivity contribution in [3.63, 3.8) is 0 Å². The Morgan fingerprint density at radius 1 is 1.00 bits per heavy atom. The fourth-order valence-electron chi connectivity index (χ4n) is 4.47. The molecular formula is C22H34F3N5. The molecule has 0 amide bonds. The molecule has 30 heavy (non-hydrogen) atoms.